The molecule has 0 saturated carbocycles. The third-order valence-electron chi connectivity index (χ3n) is 6.02. The molecule has 3 aromatic carbocycles. The number of nitrogens with two attached hydrogens (primary N) is 1. The molecule has 0 aromatic heterocycles. The average Bonchev–Trinajstić information content (AvgIpc) is 3.13. The monoisotopic (exact) mass is 1050 g/mol. The number of benzene rings is 3. The van der Waals surface area contributed by atoms with E-state index in [0.29, 0.717) is 36.2 Å². The first-order valence-electron chi connectivity index (χ1n) is 15.9. The van der Waals surface area contributed by atoms with Crippen LogP contribution in [0.3, 0.4) is 0 Å². The van der Waals surface area contributed by atoms with E-state index in [9.17, 15) is 74.1 Å². The molecule has 3 N–H and O–H groups in total. The summed E-state index contributed by atoms with van der Waals surface area (Å²) in [5.74, 6) is -2.67. The number of aromatic hydroxyl groups is 1. The molecule has 16 nitrogen and oxygen atoms in total. The second-order valence-electron chi connectivity index (χ2n) is 10.3. The van der Waals surface area contributed by atoms with Crippen LogP contribution in [0.4, 0.5) is 56.6 Å². The van der Waals surface area contributed by atoms with Crippen LogP contribution >= 0.6 is 15.9 Å². The number of hydrogen-bond acceptors (Lipinski definition) is 14. The van der Waals surface area contributed by atoms with Crippen molar-refractivity contribution < 1.29 is 113 Å². The summed E-state index contributed by atoms with van der Waals surface area (Å²) in [6, 6.07) is 6.94. The van der Waals surface area contributed by atoms with Crippen molar-refractivity contribution in [1.29, 1.82) is 0 Å². The predicted octanol–water partition coefficient (Wildman–Crippen LogP) is 8.50. The van der Waals surface area contributed by atoms with E-state index in [1.54, 1.807) is 20.8 Å². The van der Waals surface area contributed by atoms with Gasteiger partial charge in [0.15, 0.2) is 13.2 Å². The Labute approximate surface area is 362 Å². The zero-order valence-electron chi connectivity index (χ0n) is 31.9. The molecule has 346 valence electrons. The standard InChI is InChI=1S/C11H10F3NO5.C11H12F3NO3.C7H4F3NO3.C4H7BrO2.CH3.Pd/c1-2-19-10(16)6-20-7-3-4-9(15(17)18)8(5-7)11(12,13)14;1-2-17-10(16)6-18-7-3-4-9(15)8(5-7)11(12,13)14;8-7(9,10)5-3-4(12)1-2-6(5)11(13)14;1-2-7-4(6)3-5;;/h3-5H,2,6H2,1H3;3-5H,2,6,15H2,1H3;1-3,12H;2-3H2,1H3;1H3;/q;;;;-1;. The first kappa shape index (κ1) is 59.9. The fraction of sp³-hybridized carbons (Fsp3) is 0.353. The van der Waals surface area contributed by atoms with E-state index in [0.717, 1.165) is 24.3 Å². The first-order chi connectivity index (χ1) is 27.2. The van der Waals surface area contributed by atoms with Gasteiger partial charge in [-0.3, -0.25) is 25.0 Å². The maximum Gasteiger partial charge on any atom is 0.423 e. The van der Waals surface area contributed by atoms with Crippen LogP contribution in [0, 0.1) is 27.7 Å². The molecule has 3 aromatic rings. The van der Waals surface area contributed by atoms with Crippen LogP contribution in [0.25, 0.3) is 0 Å². The van der Waals surface area contributed by atoms with E-state index in [4.69, 9.17) is 20.3 Å². The number of rotatable bonds is 12. The molecule has 0 aliphatic heterocycles. The molecule has 0 unspecified atom stereocenters. The predicted molar refractivity (Wildman–Crippen MR) is 195 cm³/mol. The van der Waals surface area contributed by atoms with Crippen molar-refractivity contribution in [3.8, 4) is 17.2 Å². The third-order valence-corrected chi connectivity index (χ3v) is 6.48. The van der Waals surface area contributed by atoms with Crippen LogP contribution in [-0.4, -0.2) is 71.2 Å². The maximum absolute atomic E-state index is 12.7. The van der Waals surface area contributed by atoms with Crippen LogP contribution in [-0.2, 0) is 67.5 Å². The van der Waals surface area contributed by atoms with Crippen molar-refractivity contribution >= 4 is 50.9 Å². The number of carbonyl (C=O) groups excluding carboxylic acids is 3. The van der Waals surface area contributed by atoms with E-state index in [-0.39, 0.29) is 58.5 Å². The largest absolute Gasteiger partial charge is 0.508 e. The van der Waals surface area contributed by atoms with Crippen molar-refractivity contribution in [3.63, 3.8) is 0 Å². The first-order valence-corrected chi connectivity index (χ1v) is 17.0. The van der Waals surface area contributed by atoms with Gasteiger partial charge in [-0.15, -0.1) is 0 Å². The van der Waals surface area contributed by atoms with Gasteiger partial charge in [-0.25, -0.2) is 9.59 Å². The number of nitrogens with zero attached hydrogens (tertiary/aromatic N) is 2. The van der Waals surface area contributed by atoms with Crippen LogP contribution in [0.15, 0.2) is 54.6 Å². The van der Waals surface area contributed by atoms with E-state index in [1.165, 1.54) is 6.07 Å². The van der Waals surface area contributed by atoms with Gasteiger partial charge in [-0.2, -0.15) is 39.5 Å². The molecule has 0 amide bonds. The van der Waals surface area contributed by atoms with Gasteiger partial charge in [0, 0.05) is 38.2 Å². The molecule has 3 rings (SSSR count). The molecule has 61 heavy (non-hydrogen) atoms. The quantitative estimate of drug-likeness (QED) is 0.0200. The van der Waals surface area contributed by atoms with E-state index in [1.807, 2.05) is 0 Å². The fourth-order valence-corrected chi connectivity index (χ4v) is 3.82. The van der Waals surface area contributed by atoms with Crippen LogP contribution in [0.5, 0.6) is 17.2 Å². The van der Waals surface area contributed by atoms with Crippen molar-refractivity contribution in [2.45, 2.75) is 39.3 Å². The van der Waals surface area contributed by atoms with Gasteiger partial charge in [0.05, 0.1) is 35.2 Å². The minimum Gasteiger partial charge on any atom is -0.508 e. The van der Waals surface area contributed by atoms with E-state index < -0.39 is 93.0 Å². The molecule has 0 atom stereocenters. The number of halogens is 10. The number of phenolic OH excluding ortho intramolecular Hbond substituents is 1. The van der Waals surface area contributed by atoms with Gasteiger partial charge >= 0.3 is 36.4 Å². The molecule has 0 fully saturated rings. The summed E-state index contributed by atoms with van der Waals surface area (Å²) in [6.45, 7) is 4.67. The Balaban J connectivity index is -0.000000763. The van der Waals surface area contributed by atoms with Gasteiger partial charge < -0.3 is 42.0 Å². The molecule has 0 bridgehead atoms. The van der Waals surface area contributed by atoms with Crippen molar-refractivity contribution in [1.82, 2.24) is 0 Å². The molecule has 0 aliphatic rings. The Morgan fingerprint density at radius 2 is 0.984 bits per heavy atom. The van der Waals surface area contributed by atoms with Crippen LogP contribution in [0.1, 0.15) is 37.5 Å². The minimum atomic E-state index is -4.90. The molecular formula is C34H36BrF9N3O13Pd-. The Bertz CT molecular complexity index is 1890. The van der Waals surface area contributed by atoms with Gasteiger partial charge in [-0.05, 0) is 63.2 Å². The molecule has 0 heterocycles. The third kappa shape index (κ3) is 23.2. The summed E-state index contributed by atoms with van der Waals surface area (Å²) < 4.78 is 135. The van der Waals surface area contributed by atoms with Crippen molar-refractivity contribution in [2.75, 3.05) is 44.1 Å². The number of hydrogen-bond donors (Lipinski definition) is 2. The number of nitro benzene ring substituents is 2. The topological polar surface area (TPSA) is 230 Å². The average molecular weight is 1050 g/mol. The normalized spacial score (nSPS) is 10.4. The number of anilines is 1. The Morgan fingerprint density at radius 1 is 0.639 bits per heavy atom. The number of ether oxygens (including phenoxy) is 5. The minimum absolute atomic E-state index is 0. The van der Waals surface area contributed by atoms with Gasteiger partial charge in [0.25, 0.3) is 11.4 Å². The zero-order valence-corrected chi connectivity index (χ0v) is 35.0. The van der Waals surface area contributed by atoms with Crippen LogP contribution < -0.4 is 15.2 Å². The molecule has 27 heteroatoms. The summed E-state index contributed by atoms with van der Waals surface area (Å²) in [7, 11) is 0. The van der Waals surface area contributed by atoms with Gasteiger partial charge in [0.2, 0.25) is 0 Å². The van der Waals surface area contributed by atoms with Gasteiger partial charge in [0.1, 0.15) is 33.7 Å². The zero-order chi connectivity index (χ0) is 45.7. The summed E-state index contributed by atoms with van der Waals surface area (Å²) in [4.78, 5) is 50.5. The summed E-state index contributed by atoms with van der Waals surface area (Å²) in [6.07, 6.45) is -14.3. The molecule has 0 saturated heterocycles. The summed E-state index contributed by atoms with van der Waals surface area (Å²) in [5, 5.41) is 29.8. The summed E-state index contributed by atoms with van der Waals surface area (Å²) in [5.41, 5.74) is -1.23. The molecule has 0 spiro atoms. The number of esters is 3. The molecule has 0 radical (unpaired) electrons. The Kier molecular flexibility index (Phi) is 27.7. The number of carbonyl (C=O) groups is 3. The summed E-state index contributed by atoms with van der Waals surface area (Å²) >= 11 is 2.94. The Hall–Kier alpha value is -5.42. The number of nitrogen functional groups attached to an aromatic ring is 1. The fourth-order valence-electron chi connectivity index (χ4n) is 3.66. The van der Waals surface area contributed by atoms with E-state index in [2.05, 4.69) is 30.1 Å². The molecule has 0 aliphatic carbocycles. The second kappa shape index (κ2) is 28.2. The second-order valence-corrected chi connectivity index (χ2v) is 10.8. The number of nitro groups is 2. The maximum atomic E-state index is 12.7. The van der Waals surface area contributed by atoms with Crippen molar-refractivity contribution in [3.05, 3.63) is 98.9 Å². The van der Waals surface area contributed by atoms with Crippen LogP contribution in [0.2, 0.25) is 0 Å². The Morgan fingerprint density at radius 3 is 1.33 bits per heavy atom. The van der Waals surface area contributed by atoms with E-state index >= 15 is 0 Å². The SMILES string of the molecule is CCOC(=O)CBr.CCOC(=O)COc1ccc(N)c(C(F)(F)F)c1.CCOC(=O)COc1ccc([N+](=O)[O-])c(C(F)(F)F)c1.O=[N+]([O-])c1ccc(O)cc1C(F)(F)F.[CH3-].[Pd]. The number of alkyl halides is 10. The number of phenols is 1. The van der Waals surface area contributed by atoms with Crippen molar-refractivity contribution in [2.24, 2.45) is 0 Å². The smallest absolute Gasteiger partial charge is 0.423 e. The van der Waals surface area contributed by atoms with Gasteiger partial charge in [-0.1, -0.05) is 15.9 Å². The molecular weight excluding hydrogens is 1020 g/mol.